The molecule has 162 valence electrons. The molecule has 2 aromatic rings. The summed E-state index contributed by atoms with van der Waals surface area (Å²) in [4.78, 5) is 4.75. The molecule has 6 nitrogen and oxygen atoms in total. The second-order valence-corrected chi connectivity index (χ2v) is 7.21. The average molecular weight is 513 g/mol. The van der Waals surface area contributed by atoms with E-state index in [9.17, 15) is 0 Å². The summed E-state index contributed by atoms with van der Waals surface area (Å²) < 4.78 is 7.67. The SMILES string of the molecule is CCCOc1cccc(CN=C(NCC)NC(C)Cc2c(C)nn(C)c2C)c1.I. The van der Waals surface area contributed by atoms with Crippen LogP contribution in [0.15, 0.2) is 29.3 Å². The van der Waals surface area contributed by atoms with E-state index in [2.05, 4.69) is 62.5 Å². The van der Waals surface area contributed by atoms with E-state index < -0.39 is 0 Å². The van der Waals surface area contributed by atoms with Gasteiger partial charge in [-0.05, 0) is 63.8 Å². The van der Waals surface area contributed by atoms with Gasteiger partial charge < -0.3 is 15.4 Å². The number of aliphatic imine (C=N–C) groups is 1. The van der Waals surface area contributed by atoms with Crippen molar-refractivity contribution < 1.29 is 4.74 Å². The van der Waals surface area contributed by atoms with E-state index in [4.69, 9.17) is 9.73 Å². The first kappa shape index (κ1) is 25.3. The molecule has 1 aromatic carbocycles. The van der Waals surface area contributed by atoms with Gasteiger partial charge in [0.05, 0.1) is 18.8 Å². The molecule has 0 aliphatic heterocycles. The van der Waals surface area contributed by atoms with Crippen molar-refractivity contribution in [1.29, 1.82) is 0 Å². The van der Waals surface area contributed by atoms with Gasteiger partial charge in [0, 0.05) is 25.3 Å². The summed E-state index contributed by atoms with van der Waals surface area (Å²) >= 11 is 0. The van der Waals surface area contributed by atoms with E-state index >= 15 is 0 Å². The van der Waals surface area contributed by atoms with Gasteiger partial charge in [-0.15, -0.1) is 24.0 Å². The number of ether oxygens (including phenoxy) is 1. The minimum atomic E-state index is 0. The van der Waals surface area contributed by atoms with Crippen molar-refractivity contribution in [2.45, 2.75) is 60.0 Å². The van der Waals surface area contributed by atoms with Gasteiger partial charge in [0.1, 0.15) is 5.75 Å². The maximum Gasteiger partial charge on any atom is 0.191 e. The first-order valence-corrected chi connectivity index (χ1v) is 10.2. The monoisotopic (exact) mass is 513 g/mol. The molecule has 0 aliphatic carbocycles. The van der Waals surface area contributed by atoms with Gasteiger partial charge in [0.15, 0.2) is 5.96 Å². The second-order valence-electron chi connectivity index (χ2n) is 7.21. The molecule has 1 aromatic heterocycles. The number of aromatic nitrogens is 2. The zero-order valence-electron chi connectivity index (χ0n) is 18.6. The Labute approximate surface area is 192 Å². The van der Waals surface area contributed by atoms with Crippen molar-refractivity contribution in [3.8, 4) is 5.75 Å². The number of hydrogen-bond acceptors (Lipinski definition) is 3. The van der Waals surface area contributed by atoms with Crippen LogP contribution in [0.25, 0.3) is 0 Å². The Morgan fingerprint density at radius 2 is 2.03 bits per heavy atom. The van der Waals surface area contributed by atoms with Gasteiger partial charge in [0.25, 0.3) is 0 Å². The molecule has 0 bridgehead atoms. The summed E-state index contributed by atoms with van der Waals surface area (Å²) in [7, 11) is 1.99. The van der Waals surface area contributed by atoms with Crippen LogP contribution in [0.5, 0.6) is 5.75 Å². The van der Waals surface area contributed by atoms with Gasteiger partial charge >= 0.3 is 0 Å². The van der Waals surface area contributed by atoms with Crippen LogP contribution in [0.1, 0.15) is 49.7 Å². The van der Waals surface area contributed by atoms with Crippen molar-refractivity contribution >= 4 is 29.9 Å². The number of nitrogens with zero attached hydrogens (tertiary/aromatic N) is 3. The third-order valence-electron chi connectivity index (χ3n) is 4.69. The highest BCUT2D eigenvalue weighted by Crippen LogP contribution is 2.15. The molecule has 0 aliphatic rings. The lowest BCUT2D eigenvalue weighted by Crippen LogP contribution is -2.43. The summed E-state index contributed by atoms with van der Waals surface area (Å²) in [5.41, 5.74) is 4.76. The van der Waals surface area contributed by atoms with Crippen LogP contribution in [0, 0.1) is 13.8 Å². The lowest BCUT2D eigenvalue weighted by Gasteiger charge is -2.18. The lowest BCUT2D eigenvalue weighted by molar-refractivity contribution is 0.317. The number of guanidine groups is 1. The fourth-order valence-corrected chi connectivity index (χ4v) is 3.15. The molecule has 0 spiro atoms. The Balaban J connectivity index is 0.00000420. The van der Waals surface area contributed by atoms with Crippen LogP contribution in [-0.4, -0.2) is 34.9 Å². The summed E-state index contributed by atoms with van der Waals surface area (Å²) in [6.07, 6.45) is 1.92. The Hall–Kier alpha value is -1.77. The van der Waals surface area contributed by atoms with Crippen LogP contribution in [0.4, 0.5) is 0 Å². The summed E-state index contributed by atoms with van der Waals surface area (Å²) in [6, 6.07) is 8.41. The predicted octanol–water partition coefficient (Wildman–Crippen LogP) is 4.13. The normalized spacial score (nSPS) is 12.3. The Bertz CT molecular complexity index is 788. The first-order chi connectivity index (χ1) is 13.4. The molecule has 0 fully saturated rings. The smallest absolute Gasteiger partial charge is 0.191 e. The average Bonchev–Trinajstić information content (AvgIpc) is 2.91. The van der Waals surface area contributed by atoms with Crippen molar-refractivity contribution in [3.05, 3.63) is 46.8 Å². The minimum Gasteiger partial charge on any atom is -0.494 e. The second kappa shape index (κ2) is 12.7. The van der Waals surface area contributed by atoms with Gasteiger partial charge in [-0.2, -0.15) is 5.10 Å². The summed E-state index contributed by atoms with van der Waals surface area (Å²) in [5, 5.41) is 11.4. The van der Waals surface area contributed by atoms with Gasteiger partial charge in [-0.3, -0.25) is 4.68 Å². The largest absolute Gasteiger partial charge is 0.494 e. The molecule has 2 rings (SSSR count). The third kappa shape index (κ3) is 7.87. The van der Waals surface area contributed by atoms with E-state index in [0.29, 0.717) is 6.54 Å². The highest BCUT2D eigenvalue weighted by atomic mass is 127. The van der Waals surface area contributed by atoms with E-state index in [1.807, 2.05) is 23.9 Å². The number of nitrogens with one attached hydrogen (secondary N) is 2. The molecule has 0 saturated heterocycles. The van der Waals surface area contributed by atoms with Crippen molar-refractivity contribution in [1.82, 2.24) is 20.4 Å². The van der Waals surface area contributed by atoms with E-state index in [1.165, 1.54) is 11.3 Å². The highest BCUT2D eigenvalue weighted by molar-refractivity contribution is 14.0. The van der Waals surface area contributed by atoms with E-state index in [1.54, 1.807) is 0 Å². The molecule has 7 heteroatoms. The molecule has 0 amide bonds. The molecule has 2 N–H and O–H groups in total. The van der Waals surface area contributed by atoms with Crippen molar-refractivity contribution in [3.63, 3.8) is 0 Å². The molecule has 29 heavy (non-hydrogen) atoms. The molecule has 0 radical (unpaired) electrons. The zero-order valence-corrected chi connectivity index (χ0v) is 20.9. The zero-order chi connectivity index (χ0) is 20.5. The fourth-order valence-electron chi connectivity index (χ4n) is 3.15. The number of aryl methyl sites for hydroxylation is 2. The van der Waals surface area contributed by atoms with Crippen LogP contribution in [-0.2, 0) is 20.0 Å². The Kier molecular flexibility index (Phi) is 11.1. The summed E-state index contributed by atoms with van der Waals surface area (Å²) in [5.74, 6) is 1.73. The van der Waals surface area contributed by atoms with Crippen molar-refractivity contribution in [2.24, 2.45) is 12.0 Å². The van der Waals surface area contributed by atoms with E-state index in [-0.39, 0.29) is 30.0 Å². The van der Waals surface area contributed by atoms with Crippen molar-refractivity contribution in [2.75, 3.05) is 13.2 Å². The van der Waals surface area contributed by atoms with Gasteiger partial charge in [0.2, 0.25) is 0 Å². The quantitative estimate of drug-likeness (QED) is 0.301. The highest BCUT2D eigenvalue weighted by Gasteiger charge is 2.14. The summed E-state index contributed by atoms with van der Waals surface area (Å²) in [6.45, 7) is 12.7. The van der Waals surface area contributed by atoms with Crippen LogP contribution in [0.2, 0.25) is 0 Å². The maximum absolute atomic E-state index is 5.72. The maximum atomic E-state index is 5.72. The number of rotatable bonds is 9. The number of benzene rings is 1. The fraction of sp³-hybridized carbons (Fsp3) is 0.545. The third-order valence-corrected chi connectivity index (χ3v) is 4.69. The number of hydrogen-bond donors (Lipinski definition) is 2. The Morgan fingerprint density at radius 1 is 1.28 bits per heavy atom. The topological polar surface area (TPSA) is 63.5 Å². The predicted molar refractivity (Wildman–Crippen MR) is 131 cm³/mol. The molecule has 1 atom stereocenters. The van der Waals surface area contributed by atoms with E-state index in [0.717, 1.165) is 49.0 Å². The Morgan fingerprint density at radius 3 is 2.66 bits per heavy atom. The first-order valence-electron chi connectivity index (χ1n) is 10.2. The van der Waals surface area contributed by atoms with Gasteiger partial charge in [-0.25, -0.2) is 4.99 Å². The standard InChI is InChI=1S/C22H35N5O.HI/c1-7-12-28-20-11-9-10-19(14-20)15-24-22(23-8-2)25-16(3)13-21-17(4)26-27(6)18(21)5;/h9-11,14,16H,7-8,12-13,15H2,1-6H3,(H2,23,24,25);1H. The molecule has 0 saturated carbocycles. The minimum absolute atomic E-state index is 0. The molecule has 1 unspecified atom stereocenters. The van der Waals surface area contributed by atoms with Gasteiger partial charge in [-0.1, -0.05) is 19.1 Å². The molecular formula is C22H36IN5O. The van der Waals surface area contributed by atoms with Crippen LogP contribution >= 0.6 is 24.0 Å². The molecular weight excluding hydrogens is 477 g/mol. The molecule has 1 heterocycles. The van der Waals surface area contributed by atoms with Crippen LogP contribution < -0.4 is 15.4 Å². The van der Waals surface area contributed by atoms with Crippen LogP contribution in [0.3, 0.4) is 0 Å². The lowest BCUT2D eigenvalue weighted by atomic mass is 10.1. The number of halogens is 1.